The normalized spacial score (nSPS) is 11.9. The summed E-state index contributed by atoms with van der Waals surface area (Å²) in [5.74, 6) is 0. The van der Waals surface area contributed by atoms with Gasteiger partial charge in [0.15, 0.2) is 0 Å². The van der Waals surface area contributed by atoms with Gasteiger partial charge in [-0.2, -0.15) is 8.42 Å². The maximum Gasteiger partial charge on any atom is 0.295 e. The molecule has 0 amide bonds. The second kappa shape index (κ2) is 22.2. The maximum atomic E-state index is 12.1. The van der Waals surface area contributed by atoms with Gasteiger partial charge >= 0.3 is 0 Å². The quantitative estimate of drug-likeness (QED) is 0.0901. The summed E-state index contributed by atoms with van der Waals surface area (Å²) in [4.78, 5) is 0.0969. The highest BCUT2D eigenvalue weighted by molar-refractivity contribution is 7.86. The molecule has 0 radical (unpaired) electrons. The molecular formula is C36H60O3S. The smallest absolute Gasteiger partial charge is 0.282 e. The molecule has 2 aromatic rings. The molecule has 0 aliphatic rings. The summed E-state index contributed by atoms with van der Waals surface area (Å²) >= 11 is 0. The Kier molecular flexibility index (Phi) is 19.4. The average Bonchev–Trinajstić information content (AvgIpc) is 2.94. The van der Waals surface area contributed by atoms with Crippen LogP contribution >= 0.6 is 0 Å². The number of aryl methyl sites for hydroxylation is 1. The van der Waals surface area contributed by atoms with Crippen molar-refractivity contribution in [1.29, 1.82) is 0 Å². The van der Waals surface area contributed by atoms with Crippen molar-refractivity contribution in [3.05, 3.63) is 42.0 Å². The third kappa shape index (κ3) is 15.6. The highest BCUT2D eigenvalue weighted by Crippen LogP contribution is 2.28. The monoisotopic (exact) mass is 572 g/mol. The van der Waals surface area contributed by atoms with Crippen molar-refractivity contribution in [2.45, 2.75) is 172 Å². The Hall–Kier alpha value is -1.39. The van der Waals surface area contributed by atoms with Crippen LogP contribution in [0.2, 0.25) is 0 Å². The lowest BCUT2D eigenvalue weighted by Crippen LogP contribution is -2.04. The molecule has 0 spiro atoms. The summed E-state index contributed by atoms with van der Waals surface area (Å²) in [5.41, 5.74) is 0.736. The second-order valence-corrected chi connectivity index (χ2v) is 13.5. The summed E-state index contributed by atoms with van der Waals surface area (Å²) in [6, 6.07) is 11.2. The molecule has 0 unspecified atom stereocenters. The van der Waals surface area contributed by atoms with Gasteiger partial charge in [0.1, 0.15) is 4.90 Å². The zero-order valence-electron chi connectivity index (χ0n) is 25.8. The summed E-state index contributed by atoms with van der Waals surface area (Å²) in [6.45, 7) is 2.29. The van der Waals surface area contributed by atoms with E-state index in [1.807, 2.05) is 30.3 Å². The molecule has 1 N–H and O–H groups in total. The third-order valence-corrected chi connectivity index (χ3v) is 9.52. The summed E-state index contributed by atoms with van der Waals surface area (Å²) in [5, 5.41) is 1.46. The summed E-state index contributed by atoms with van der Waals surface area (Å²) in [6.07, 6.45) is 33.6. The Morgan fingerprint density at radius 3 is 1.27 bits per heavy atom. The molecule has 0 atom stereocenters. The van der Waals surface area contributed by atoms with E-state index in [2.05, 4.69) is 6.92 Å². The van der Waals surface area contributed by atoms with E-state index in [-0.39, 0.29) is 4.90 Å². The van der Waals surface area contributed by atoms with E-state index >= 15 is 0 Å². The number of hydrogen-bond donors (Lipinski definition) is 1. The van der Waals surface area contributed by atoms with Gasteiger partial charge in [-0.25, -0.2) is 0 Å². The van der Waals surface area contributed by atoms with Crippen molar-refractivity contribution in [1.82, 2.24) is 0 Å². The first-order valence-corrected chi connectivity index (χ1v) is 18.5. The maximum absolute atomic E-state index is 12.1. The van der Waals surface area contributed by atoms with E-state index in [1.165, 1.54) is 141 Å². The standard InChI is InChI=1S/C36H60O3S/c1-2-3-4-5-6-7-8-9-10-11-12-13-14-15-16-17-18-19-20-21-22-23-24-25-29-34-32-31-33-28-26-27-30-35(33)36(34)40(37,38)39/h26-28,30-32H,2-25,29H2,1H3,(H,37,38,39). The van der Waals surface area contributed by atoms with Crippen molar-refractivity contribution >= 4 is 20.9 Å². The van der Waals surface area contributed by atoms with Crippen LogP contribution in [-0.2, 0) is 16.5 Å². The molecule has 3 nitrogen and oxygen atoms in total. The molecule has 0 bridgehead atoms. The van der Waals surface area contributed by atoms with Crippen LogP contribution in [0.3, 0.4) is 0 Å². The lowest BCUT2D eigenvalue weighted by atomic mass is 10.0. The molecule has 0 fully saturated rings. The van der Waals surface area contributed by atoms with Crippen LogP contribution in [0.25, 0.3) is 10.8 Å². The van der Waals surface area contributed by atoms with Crippen molar-refractivity contribution in [2.24, 2.45) is 0 Å². The van der Waals surface area contributed by atoms with Gasteiger partial charge < -0.3 is 0 Å². The van der Waals surface area contributed by atoms with Crippen LogP contribution < -0.4 is 0 Å². The van der Waals surface area contributed by atoms with E-state index < -0.39 is 10.1 Å². The Labute approximate surface area is 247 Å². The second-order valence-electron chi connectivity index (χ2n) is 12.1. The van der Waals surface area contributed by atoms with Crippen LogP contribution in [0.5, 0.6) is 0 Å². The highest BCUT2D eigenvalue weighted by Gasteiger charge is 2.18. The van der Waals surface area contributed by atoms with Gasteiger partial charge in [0, 0.05) is 5.39 Å². The lowest BCUT2D eigenvalue weighted by molar-refractivity contribution is 0.482. The Morgan fingerprint density at radius 2 is 0.875 bits per heavy atom. The SMILES string of the molecule is CCCCCCCCCCCCCCCCCCCCCCCCCCc1ccc2ccccc2c1S(=O)(=O)O. The topological polar surface area (TPSA) is 54.4 Å². The molecule has 40 heavy (non-hydrogen) atoms. The molecule has 0 saturated carbocycles. The van der Waals surface area contributed by atoms with E-state index in [0.29, 0.717) is 11.8 Å². The molecular weight excluding hydrogens is 512 g/mol. The zero-order valence-corrected chi connectivity index (χ0v) is 26.6. The van der Waals surface area contributed by atoms with Crippen LogP contribution in [0.1, 0.15) is 167 Å². The Balaban J connectivity index is 1.35. The fraction of sp³-hybridized carbons (Fsp3) is 0.722. The average molecular weight is 573 g/mol. The molecule has 0 heterocycles. The number of benzene rings is 2. The largest absolute Gasteiger partial charge is 0.295 e. The molecule has 0 aliphatic carbocycles. The van der Waals surface area contributed by atoms with E-state index in [1.54, 1.807) is 6.07 Å². The molecule has 2 rings (SSSR count). The first-order chi connectivity index (χ1) is 19.5. The molecule has 0 aliphatic heterocycles. The molecule has 0 aromatic heterocycles. The van der Waals surface area contributed by atoms with Gasteiger partial charge in [0.25, 0.3) is 10.1 Å². The Morgan fingerprint density at radius 1 is 0.500 bits per heavy atom. The van der Waals surface area contributed by atoms with Crippen LogP contribution in [-0.4, -0.2) is 13.0 Å². The van der Waals surface area contributed by atoms with E-state index in [9.17, 15) is 13.0 Å². The summed E-state index contributed by atoms with van der Waals surface area (Å²) in [7, 11) is -4.24. The first kappa shape index (κ1) is 34.8. The van der Waals surface area contributed by atoms with Crippen molar-refractivity contribution in [3.8, 4) is 0 Å². The lowest BCUT2D eigenvalue weighted by Gasteiger charge is -2.11. The fourth-order valence-corrected chi connectivity index (χ4v) is 7.03. The molecule has 2 aromatic carbocycles. The van der Waals surface area contributed by atoms with Gasteiger partial charge in [-0.3, -0.25) is 4.55 Å². The first-order valence-electron chi connectivity index (χ1n) is 17.0. The molecule has 0 saturated heterocycles. The van der Waals surface area contributed by atoms with E-state index in [4.69, 9.17) is 0 Å². The highest BCUT2D eigenvalue weighted by atomic mass is 32.2. The van der Waals surface area contributed by atoms with Crippen molar-refractivity contribution in [3.63, 3.8) is 0 Å². The van der Waals surface area contributed by atoms with Gasteiger partial charge in [-0.1, -0.05) is 191 Å². The predicted molar refractivity (Wildman–Crippen MR) is 174 cm³/mol. The van der Waals surface area contributed by atoms with Gasteiger partial charge in [-0.15, -0.1) is 0 Å². The number of unbranched alkanes of at least 4 members (excludes halogenated alkanes) is 23. The number of hydrogen-bond acceptors (Lipinski definition) is 2. The van der Waals surface area contributed by atoms with Gasteiger partial charge in [-0.05, 0) is 23.8 Å². The minimum Gasteiger partial charge on any atom is -0.282 e. The third-order valence-electron chi connectivity index (χ3n) is 8.52. The van der Waals surface area contributed by atoms with E-state index in [0.717, 1.165) is 23.8 Å². The molecule has 4 heteroatoms. The molecule has 228 valence electrons. The predicted octanol–water partition coefficient (Wildman–Crippen LogP) is 12.0. The minimum atomic E-state index is -4.24. The Bertz CT molecular complexity index is 998. The van der Waals surface area contributed by atoms with Crippen LogP contribution in [0.4, 0.5) is 0 Å². The van der Waals surface area contributed by atoms with Crippen LogP contribution in [0, 0.1) is 0 Å². The van der Waals surface area contributed by atoms with Crippen molar-refractivity contribution < 1.29 is 13.0 Å². The summed E-state index contributed by atoms with van der Waals surface area (Å²) < 4.78 is 33.9. The zero-order chi connectivity index (χ0) is 28.7. The van der Waals surface area contributed by atoms with Crippen LogP contribution in [0.15, 0.2) is 41.3 Å². The fourth-order valence-electron chi connectivity index (χ4n) is 6.07. The van der Waals surface area contributed by atoms with Crippen molar-refractivity contribution in [2.75, 3.05) is 0 Å². The van der Waals surface area contributed by atoms with Gasteiger partial charge in [0.05, 0.1) is 0 Å². The number of fused-ring (bicyclic) bond motifs is 1. The minimum absolute atomic E-state index is 0.0969. The van der Waals surface area contributed by atoms with Gasteiger partial charge in [0.2, 0.25) is 0 Å². The number of rotatable bonds is 26.